The average Bonchev–Trinajstić information content (AvgIpc) is 2.63. The van der Waals surface area contributed by atoms with Crippen molar-refractivity contribution in [3.63, 3.8) is 0 Å². The van der Waals surface area contributed by atoms with Gasteiger partial charge in [-0.05, 0) is 36.8 Å². The molecule has 2 aromatic carbocycles. The summed E-state index contributed by atoms with van der Waals surface area (Å²) in [5, 5.41) is 9.28. The lowest BCUT2D eigenvalue weighted by atomic mass is 9.95. The maximum Gasteiger partial charge on any atom is 0.319 e. The van der Waals surface area contributed by atoms with Crippen molar-refractivity contribution in [1.29, 1.82) is 0 Å². The number of hydrogen-bond donors (Lipinski definition) is 3. The van der Waals surface area contributed by atoms with E-state index in [0.29, 0.717) is 32.8 Å². The molecule has 3 rings (SSSR count). The van der Waals surface area contributed by atoms with Crippen molar-refractivity contribution in [3.05, 3.63) is 69.3 Å². The Balaban J connectivity index is 1.95. The molecule has 0 saturated carbocycles. The minimum Gasteiger partial charge on any atom is -0.495 e. The van der Waals surface area contributed by atoms with Crippen LogP contribution in [-0.2, 0) is 4.79 Å². The van der Waals surface area contributed by atoms with Crippen LogP contribution in [0.25, 0.3) is 0 Å². The number of hydrogen-bond acceptors (Lipinski definition) is 3. The first-order chi connectivity index (χ1) is 12.9. The number of anilines is 1. The minimum absolute atomic E-state index is 0.374. The molecule has 140 valence electrons. The minimum atomic E-state index is -0.616. The van der Waals surface area contributed by atoms with Crippen molar-refractivity contribution in [2.75, 3.05) is 12.4 Å². The van der Waals surface area contributed by atoms with Crippen LogP contribution in [0.15, 0.2) is 53.7 Å². The van der Waals surface area contributed by atoms with Crippen molar-refractivity contribution in [3.8, 4) is 5.75 Å². The van der Waals surface area contributed by atoms with E-state index in [1.54, 1.807) is 49.4 Å². The van der Waals surface area contributed by atoms with Crippen LogP contribution in [0.1, 0.15) is 18.5 Å². The number of amides is 3. The quantitative estimate of drug-likeness (QED) is 0.710. The first-order valence-electron chi connectivity index (χ1n) is 8.07. The number of methoxy groups -OCH3 is 1. The number of nitrogens with one attached hydrogen (secondary N) is 3. The van der Waals surface area contributed by atoms with E-state index in [1.807, 2.05) is 0 Å². The molecule has 8 heteroatoms. The van der Waals surface area contributed by atoms with E-state index < -0.39 is 6.04 Å². The Labute approximate surface area is 166 Å². The fourth-order valence-electron chi connectivity index (χ4n) is 2.86. The molecule has 0 aromatic heterocycles. The fourth-order valence-corrected chi connectivity index (χ4v) is 3.15. The van der Waals surface area contributed by atoms with Gasteiger partial charge in [-0.15, -0.1) is 0 Å². The number of halogens is 2. The summed E-state index contributed by atoms with van der Waals surface area (Å²) >= 11 is 11.9. The molecule has 27 heavy (non-hydrogen) atoms. The lowest BCUT2D eigenvalue weighted by Crippen LogP contribution is -2.45. The molecule has 1 aliphatic heterocycles. The Morgan fingerprint density at radius 2 is 1.78 bits per heavy atom. The first-order valence-corrected chi connectivity index (χ1v) is 8.83. The van der Waals surface area contributed by atoms with Gasteiger partial charge in [-0.2, -0.15) is 0 Å². The predicted octanol–water partition coefficient (Wildman–Crippen LogP) is 4.27. The molecule has 3 amide bonds. The lowest BCUT2D eigenvalue weighted by molar-refractivity contribution is -0.113. The zero-order chi connectivity index (χ0) is 19.6. The summed E-state index contributed by atoms with van der Waals surface area (Å²) in [5.74, 6) is 0.0607. The van der Waals surface area contributed by atoms with Gasteiger partial charge in [0.1, 0.15) is 5.75 Å². The molecular weight excluding hydrogens is 389 g/mol. The van der Waals surface area contributed by atoms with E-state index in [2.05, 4.69) is 16.0 Å². The zero-order valence-electron chi connectivity index (χ0n) is 14.6. The summed E-state index contributed by atoms with van der Waals surface area (Å²) in [4.78, 5) is 25.0. The fraction of sp³-hybridized carbons (Fsp3) is 0.158. The molecule has 3 N–H and O–H groups in total. The lowest BCUT2D eigenvalue weighted by Gasteiger charge is -2.28. The number of carbonyl (C=O) groups excluding carboxylic acids is 2. The second-order valence-electron chi connectivity index (χ2n) is 5.92. The molecule has 0 bridgehead atoms. The highest BCUT2D eigenvalue weighted by molar-refractivity contribution is 6.31. The van der Waals surface area contributed by atoms with Crippen molar-refractivity contribution < 1.29 is 14.3 Å². The summed E-state index contributed by atoms with van der Waals surface area (Å²) in [7, 11) is 1.49. The largest absolute Gasteiger partial charge is 0.495 e. The van der Waals surface area contributed by atoms with Crippen molar-refractivity contribution in [2.45, 2.75) is 13.0 Å². The summed E-state index contributed by atoms with van der Waals surface area (Å²) in [6.45, 7) is 1.68. The highest BCUT2D eigenvalue weighted by atomic mass is 35.5. The molecule has 6 nitrogen and oxygen atoms in total. The number of urea groups is 1. The highest BCUT2D eigenvalue weighted by Crippen LogP contribution is 2.31. The second kappa shape index (κ2) is 7.90. The van der Waals surface area contributed by atoms with E-state index >= 15 is 0 Å². The van der Waals surface area contributed by atoms with E-state index in [4.69, 9.17) is 27.9 Å². The Bertz CT molecular complexity index is 926. The van der Waals surface area contributed by atoms with Crippen LogP contribution in [0, 0.1) is 0 Å². The highest BCUT2D eigenvalue weighted by Gasteiger charge is 2.31. The third-order valence-electron chi connectivity index (χ3n) is 4.13. The molecule has 0 saturated heterocycles. The number of carbonyl (C=O) groups is 2. The van der Waals surface area contributed by atoms with Gasteiger partial charge < -0.3 is 20.7 Å². The Hall–Kier alpha value is -2.70. The van der Waals surface area contributed by atoms with E-state index in [9.17, 15) is 9.59 Å². The van der Waals surface area contributed by atoms with Gasteiger partial charge in [-0.25, -0.2) is 4.79 Å². The van der Waals surface area contributed by atoms with Gasteiger partial charge in [0.25, 0.3) is 5.91 Å². The van der Waals surface area contributed by atoms with Gasteiger partial charge in [0.15, 0.2) is 0 Å². The number of benzene rings is 2. The topological polar surface area (TPSA) is 79.5 Å². The zero-order valence-corrected chi connectivity index (χ0v) is 16.1. The van der Waals surface area contributed by atoms with Crippen molar-refractivity contribution in [1.82, 2.24) is 10.6 Å². The van der Waals surface area contributed by atoms with Crippen LogP contribution >= 0.6 is 23.2 Å². The molecule has 1 atom stereocenters. The summed E-state index contributed by atoms with van der Waals surface area (Å²) in [6.07, 6.45) is 0. The average molecular weight is 406 g/mol. The maximum absolute atomic E-state index is 13.0. The van der Waals surface area contributed by atoms with Gasteiger partial charge >= 0.3 is 6.03 Å². The van der Waals surface area contributed by atoms with Crippen molar-refractivity contribution in [2.24, 2.45) is 0 Å². The van der Waals surface area contributed by atoms with Crippen LogP contribution in [0.3, 0.4) is 0 Å². The number of rotatable bonds is 4. The van der Waals surface area contributed by atoms with E-state index in [1.165, 1.54) is 7.11 Å². The molecule has 2 aromatic rings. The van der Waals surface area contributed by atoms with E-state index in [-0.39, 0.29) is 11.9 Å². The first kappa shape index (κ1) is 19.1. The predicted molar refractivity (Wildman–Crippen MR) is 105 cm³/mol. The van der Waals surface area contributed by atoms with E-state index in [0.717, 1.165) is 5.56 Å². The van der Waals surface area contributed by atoms with Crippen molar-refractivity contribution >= 4 is 40.8 Å². The summed E-state index contributed by atoms with van der Waals surface area (Å²) in [5.41, 5.74) is 2.05. The number of allylic oxidation sites excluding steroid dienone is 1. The smallest absolute Gasteiger partial charge is 0.319 e. The third kappa shape index (κ3) is 4.18. The second-order valence-corrected chi connectivity index (χ2v) is 6.79. The molecule has 0 fully saturated rings. The normalized spacial score (nSPS) is 16.4. The summed E-state index contributed by atoms with van der Waals surface area (Å²) in [6, 6.07) is 10.9. The van der Waals surface area contributed by atoms with Crippen LogP contribution in [0.5, 0.6) is 5.75 Å². The van der Waals surface area contributed by atoms with Gasteiger partial charge in [0.05, 0.1) is 24.4 Å². The Kier molecular flexibility index (Phi) is 5.58. The number of ether oxygens (including phenoxy) is 1. The van der Waals surface area contributed by atoms with Crippen LogP contribution in [0.4, 0.5) is 10.5 Å². The molecule has 0 aliphatic carbocycles. The van der Waals surface area contributed by atoms with Gasteiger partial charge in [0, 0.05) is 21.8 Å². The monoisotopic (exact) mass is 405 g/mol. The molecule has 0 unspecified atom stereocenters. The molecule has 0 spiro atoms. The van der Waals surface area contributed by atoms with Crippen LogP contribution in [-0.4, -0.2) is 19.0 Å². The third-order valence-corrected chi connectivity index (χ3v) is 4.62. The Morgan fingerprint density at radius 3 is 2.44 bits per heavy atom. The maximum atomic E-state index is 13.0. The van der Waals surface area contributed by atoms with Crippen LogP contribution < -0.4 is 20.7 Å². The van der Waals surface area contributed by atoms with Crippen LogP contribution in [0.2, 0.25) is 10.0 Å². The summed E-state index contributed by atoms with van der Waals surface area (Å²) < 4.78 is 5.27. The van der Waals surface area contributed by atoms with Gasteiger partial charge in [-0.1, -0.05) is 35.3 Å². The molecule has 1 heterocycles. The van der Waals surface area contributed by atoms with Gasteiger partial charge in [0.2, 0.25) is 0 Å². The van der Waals surface area contributed by atoms with Gasteiger partial charge in [-0.3, -0.25) is 4.79 Å². The SMILES string of the molecule is COc1cc(Cl)ccc1NC(=O)C1=C(C)NC(=O)N[C@H]1c1ccc(Cl)cc1. The molecule has 0 radical (unpaired) electrons. The molecular formula is C19H17Cl2N3O3. The Morgan fingerprint density at radius 1 is 1.11 bits per heavy atom. The molecule has 1 aliphatic rings. The standard InChI is InChI=1S/C19H17Cl2N3O3/c1-10-16(18(25)23-14-8-7-13(21)9-15(14)27-2)17(24-19(26)22-10)11-3-5-12(20)6-4-11/h3-9,17H,1-2H3,(H,23,25)(H2,22,24,26)/t17-/m0/s1.